The molecule has 2 nitrogen and oxygen atoms in total. The summed E-state index contributed by atoms with van der Waals surface area (Å²) < 4.78 is 14.0. The molecular weight excluding hydrogens is 261 g/mol. The highest BCUT2D eigenvalue weighted by molar-refractivity contribution is 7.15. The van der Waals surface area contributed by atoms with Gasteiger partial charge in [0.15, 0.2) is 0 Å². The molecule has 0 saturated heterocycles. The Morgan fingerprint density at radius 1 is 1.32 bits per heavy atom. The maximum Gasteiger partial charge on any atom is 0.256 e. The summed E-state index contributed by atoms with van der Waals surface area (Å²) in [5.41, 5.74) is 0.938. The average molecular weight is 277 g/mol. The Bertz CT molecular complexity index is 606. The third-order valence-electron chi connectivity index (χ3n) is 3.05. The predicted molar refractivity (Wildman–Crippen MR) is 77.1 cm³/mol. The first-order chi connectivity index (χ1) is 9.02. The average Bonchev–Trinajstić information content (AvgIpc) is 2.83. The van der Waals surface area contributed by atoms with Crippen LogP contribution in [0.2, 0.25) is 0 Å². The van der Waals surface area contributed by atoms with Crippen molar-refractivity contribution in [1.29, 1.82) is 0 Å². The monoisotopic (exact) mass is 277 g/mol. The normalized spacial score (nSPS) is 10.5. The Morgan fingerprint density at radius 2 is 2.05 bits per heavy atom. The van der Waals surface area contributed by atoms with E-state index in [0.29, 0.717) is 6.54 Å². The van der Waals surface area contributed by atoms with E-state index in [4.69, 9.17) is 0 Å². The fourth-order valence-electron chi connectivity index (χ4n) is 1.78. The molecule has 1 aromatic carbocycles. The minimum Gasteiger partial charge on any atom is -0.342 e. The van der Waals surface area contributed by atoms with Gasteiger partial charge in [-0.1, -0.05) is 6.07 Å². The first-order valence-electron chi connectivity index (χ1n) is 6.14. The van der Waals surface area contributed by atoms with E-state index in [0.717, 1.165) is 10.4 Å². The van der Waals surface area contributed by atoms with Crippen LogP contribution >= 0.6 is 11.3 Å². The molecule has 4 heteroatoms. The van der Waals surface area contributed by atoms with Gasteiger partial charge in [0.2, 0.25) is 0 Å². The van der Waals surface area contributed by atoms with Crippen LogP contribution in [0.25, 0.3) is 10.4 Å². The second-order valence-corrected chi connectivity index (χ2v) is 5.71. The van der Waals surface area contributed by atoms with Gasteiger partial charge in [0, 0.05) is 23.3 Å². The highest BCUT2D eigenvalue weighted by atomic mass is 32.1. The van der Waals surface area contributed by atoms with Gasteiger partial charge in [-0.15, -0.1) is 11.3 Å². The Hall–Kier alpha value is -1.68. The maximum atomic E-state index is 14.0. The molecule has 0 unspecified atom stereocenters. The van der Waals surface area contributed by atoms with E-state index in [1.54, 1.807) is 30.5 Å². The molecule has 100 valence electrons. The molecule has 0 spiro atoms. The number of amides is 1. The Balaban J connectivity index is 2.34. The number of nitrogens with zero attached hydrogens (tertiary/aromatic N) is 1. The van der Waals surface area contributed by atoms with E-state index in [1.807, 2.05) is 26.0 Å². The van der Waals surface area contributed by atoms with Crippen molar-refractivity contribution in [2.45, 2.75) is 13.8 Å². The molecule has 1 heterocycles. The van der Waals surface area contributed by atoms with Gasteiger partial charge in [0.25, 0.3) is 5.91 Å². The number of thiophene rings is 1. The van der Waals surface area contributed by atoms with E-state index in [9.17, 15) is 9.18 Å². The largest absolute Gasteiger partial charge is 0.342 e. The van der Waals surface area contributed by atoms with Crippen molar-refractivity contribution >= 4 is 17.2 Å². The van der Waals surface area contributed by atoms with Crippen molar-refractivity contribution in [2.75, 3.05) is 13.6 Å². The zero-order valence-corrected chi connectivity index (χ0v) is 12.1. The summed E-state index contributed by atoms with van der Waals surface area (Å²) in [6.45, 7) is 4.43. The van der Waals surface area contributed by atoms with E-state index < -0.39 is 5.82 Å². The van der Waals surface area contributed by atoms with Crippen molar-refractivity contribution < 1.29 is 9.18 Å². The molecule has 0 fully saturated rings. The molecule has 0 aliphatic rings. The van der Waals surface area contributed by atoms with Crippen LogP contribution in [0.5, 0.6) is 0 Å². The first kappa shape index (κ1) is 13.7. The minimum atomic E-state index is -0.464. The molecule has 0 aliphatic carbocycles. The van der Waals surface area contributed by atoms with Crippen molar-refractivity contribution in [3.8, 4) is 10.4 Å². The number of carbonyl (C=O) groups is 1. The molecule has 0 N–H and O–H groups in total. The van der Waals surface area contributed by atoms with Gasteiger partial charge in [-0.2, -0.15) is 0 Å². The molecule has 2 rings (SSSR count). The molecule has 1 aromatic heterocycles. The number of benzene rings is 1. The van der Waals surface area contributed by atoms with Crippen LogP contribution in [0.4, 0.5) is 4.39 Å². The Morgan fingerprint density at radius 3 is 2.58 bits per heavy atom. The SMILES string of the molecule is CCN(C)C(=O)c1ccc(-c2ccc(C)s2)cc1F. The van der Waals surface area contributed by atoms with Crippen molar-refractivity contribution in [3.63, 3.8) is 0 Å². The third-order valence-corrected chi connectivity index (χ3v) is 4.10. The van der Waals surface area contributed by atoms with Crippen LogP contribution in [-0.2, 0) is 0 Å². The van der Waals surface area contributed by atoms with Gasteiger partial charge in [-0.05, 0) is 43.7 Å². The molecule has 19 heavy (non-hydrogen) atoms. The van der Waals surface area contributed by atoms with E-state index in [1.165, 1.54) is 15.8 Å². The lowest BCUT2D eigenvalue weighted by molar-refractivity contribution is 0.0798. The molecule has 1 amide bonds. The van der Waals surface area contributed by atoms with Gasteiger partial charge in [-0.3, -0.25) is 4.79 Å². The number of carbonyl (C=O) groups excluding carboxylic acids is 1. The number of hydrogen-bond donors (Lipinski definition) is 0. The second kappa shape index (κ2) is 5.53. The zero-order valence-electron chi connectivity index (χ0n) is 11.2. The molecule has 0 bridgehead atoms. The standard InChI is InChI=1S/C15H16FNOS/c1-4-17(3)15(18)12-7-6-11(9-13(12)16)14-8-5-10(2)19-14/h5-9H,4H2,1-3H3. The van der Waals surface area contributed by atoms with Crippen molar-refractivity contribution in [3.05, 3.63) is 46.6 Å². The lowest BCUT2D eigenvalue weighted by Crippen LogP contribution is -2.27. The van der Waals surface area contributed by atoms with Crippen molar-refractivity contribution in [2.24, 2.45) is 0 Å². The Kier molecular flexibility index (Phi) is 4.00. The summed E-state index contributed by atoms with van der Waals surface area (Å²) in [4.78, 5) is 15.6. The second-order valence-electron chi connectivity index (χ2n) is 4.42. The summed E-state index contributed by atoms with van der Waals surface area (Å²) in [7, 11) is 1.66. The molecule has 2 aromatic rings. The van der Waals surface area contributed by atoms with Gasteiger partial charge in [-0.25, -0.2) is 4.39 Å². The summed E-state index contributed by atoms with van der Waals surface area (Å²) in [6, 6.07) is 8.76. The molecule has 0 radical (unpaired) electrons. The van der Waals surface area contributed by atoms with E-state index >= 15 is 0 Å². The van der Waals surface area contributed by atoms with Gasteiger partial charge >= 0.3 is 0 Å². The topological polar surface area (TPSA) is 20.3 Å². The smallest absolute Gasteiger partial charge is 0.256 e. The van der Waals surface area contributed by atoms with E-state index in [2.05, 4.69) is 0 Å². The summed E-state index contributed by atoms with van der Waals surface area (Å²) >= 11 is 1.61. The highest BCUT2D eigenvalue weighted by Crippen LogP contribution is 2.29. The molecule has 0 atom stereocenters. The highest BCUT2D eigenvalue weighted by Gasteiger charge is 2.15. The van der Waals surface area contributed by atoms with E-state index in [-0.39, 0.29) is 11.5 Å². The molecular formula is C15H16FNOS. The zero-order chi connectivity index (χ0) is 14.0. The Labute approximate surface area is 116 Å². The predicted octanol–water partition coefficient (Wildman–Crippen LogP) is 3.95. The maximum absolute atomic E-state index is 14.0. The number of halogens is 1. The van der Waals surface area contributed by atoms with Gasteiger partial charge in [0.1, 0.15) is 5.82 Å². The quantitative estimate of drug-likeness (QED) is 0.831. The van der Waals surface area contributed by atoms with Crippen LogP contribution in [0.15, 0.2) is 30.3 Å². The number of aryl methyl sites for hydroxylation is 1. The lowest BCUT2D eigenvalue weighted by Gasteiger charge is -2.15. The first-order valence-corrected chi connectivity index (χ1v) is 6.96. The molecule has 0 saturated carbocycles. The minimum absolute atomic E-state index is 0.126. The third kappa shape index (κ3) is 2.84. The number of rotatable bonds is 3. The van der Waals surface area contributed by atoms with Crippen LogP contribution in [0.3, 0.4) is 0 Å². The van der Waals surface area contributed by atoms with Gasteiger partial charge in [0.05, 0.1) is 5.56 Å². The van der Waals surface area contributed by atoms with Crippen LogP contribution in [-0.4, -0.2) is 24.4 Å². The lowest BCUT2D eigenvalue weighted by atomic mass is 10.1. The summed E-state index contributed by atoms with van der Waals surface area (Å²) in [5, 5.41) is 0. The fourth-order valence-corrected chi connectivity index (χ4v) is 2.64. The summed E-state index contributed by atoms with van der Waals surface area (Å²) in [5.74, 6) is -0.747. The molecule has 0 aliphatic heterocycles. The van der Waals surface area contributed by atoms with Crippen LogP contribution in [0.1, 0.15) is 22.2 Å². The van der Waals surface area contributed by atoms with Crippen LogP contribution in [0, 0.1) is 12.7 Å². The van der Waals surface area contributed by atoms with Gasteiger partial charge < -0.3 is 4.90 Å². The number of hydrogen-bond acceptors (Lipinski definition) is 2. The van der Waals surface area contributed by atoms with Crippen LogP contribution < -0.4 is 0 Å². The fraction of sp³-hybridized carbons (Fsp3) is 0.267. The summed E-state index contributed by atoms with van der Waals surface area (Å²) in [6.07, 6.45) is 0. The van der Waals surface area contributed by atoms with Crippen molar-refractivity contribution in [1.82, 2.24) is 4.90 Å².